The van der Waals surface area contributed by atoms with E-state index in [-0.39, 0.29) is 17.3 Å². The van der Waals surface area contributed by atoms with Crippen LogP contribution in [0.1, 0.15) is 35.8 Å². The Labute approximate surface area is 223 Å². The molecule has 0 saturated carbocycles. The van der Waals surface area contributed by atoms with Crippen LogP contribution in [0.4, 0.5) is 5.13 Å². The number of benzene rings is 2. The number of pyridine rings is 1. The van der Waals surface area contributed by atoms with Crippen LogP contribution < -0.4 is 4.90 Å². The number of carbonyl (C=O) groups is 1. The molecular weight excluding hydrogens is 560 g/mol. The van der Waals surface area contributed by atoms with Crippen LogP contribution in [0.25, 0.3) is 10.2 Å². The summed E-state index contributed by atoms with van der Waals surface area (Å²) in [6.07, 6.45) is 3.58. The van der Waals surface area contributed by atoms with Gasteiger partial charge in [0.25, 0.3) is 5.91 Å². The number of fused-ring (bicyclic) bond motifs is 1. The Morgan fingerprint density at radius 1 is 1.17 bits per heavy atom. The molecule has 0 aliphatic carbocycles. The van der Waals surface area contributed by atoms with Crippen LogP contribution in [0.2, 0.25) is 0 Å². The third-order valence-corrected chi connectivity index (χ3v) is 9.63. The minimum atomic E-state index is -3.60. The summed E-state index contributed by atoms with van der Waals surface area (Å²) in [5.74, 6) is 0.0679. The van der Waals surface area contributed by atoms with Crippen molar-refractivity contribution in [2.45, 2.75) is 31.2 Å². The van der Waals surface area contributed by atoms with E-state index in [0.717, 1.165) is 33.2 Å². The first kappa shape index (κ1) is 25.0. The fourth-order valence-corrected chi connectivity index (χ4v) is 7.43. The van der Waals surface area contributed by atoms with Gasteiger partial charge in [0.15, 0.2) is 5.13 Å². The second-order valence-corrected chi connectivity index (χ2v) is 12.8. The van der Waals surface area contributed by atoms with E-state index < -0.39 is 10.0 Å². The third kappa shape index (κ3) is 5.22. The van der Waals surface area contributed by atoms with Crippen molar-refractivity contribution in [3.8, 4) is 0 Å². The van der Waals surface area contributed by atoms with Crippen molar-refractivity contribution in [3.05, 3.63) is 82.6 Å². The molecule has 1 aliphatic heterocycles. The van der Waals surface area contributed by atoms with E-state index in [0.29, 0.717) is 29.7 Å². The zero-order valence-electron chi connectivity index (χ0n) is 19.7. The second kappa shape index (κ2) is 10.4. The van der Waals surface area contributed by atoms with Crippen LogP contribution in [0.5, 0.6) is 0 Å². The molecular formula is C26H25BrN4O3S2. The first-order valence-corrected chi connectivity index (χ1v) is 14.7. The predicted molar refractivity (Wildman–Crippen MR) is 146 cm³/mol. The van der Waals surface area contributed by atoms with Gasteiger partial charge in [-0.2, -0.15) is 4.31 Å². The van der Waals surface area contributed by atoms with Gasteiger partial charge in [-0.1, -0.05) is 40.3 Å². The molecule has 1 aliphatic rings. The summed E-state index contributed by atoms with van der Waals surface area (Å²) < 4.78 is 29.7. The molecule has 2 aromatic carbocycles. The Kier molecular flexibility index (Phi) is 7.21. The predicted octanol–water partition coefficient (Wildman–Crippen LogP) is 5.72. The third-order valence-electron chi connectivity index (χ3n) is 6.22. The SMILES string of the molecule is CC1CCCN(S(=O)(=O)c2ccc(C(=O)N(Cc3ccccn3)c3nc4ccc(Br)cc4s3)cc2)C1. The zero-order valence-corrected chi connectivity index (χ0v) is 22.9. The highest BCUT2D eigenvalue weighted by Gasteiger charge is 2.29. The van der Waals surface area contributed by atoms with Gasteiger partial charge in [0, 0.05) is 29.3 Å². The molecule has 1 atom stereocenters. The van der Waals surface area contributed by atoms with Crippen molar-refractivity contribution in [2.75, 3.05) is 18.0 Å². The molecule has 36 heavy (non-hydrogen) atoms. The highest BCUT2D eigenvalue weighted by Crippen LogP contribution is 2.33. The number of hydrogen-bond acceptors (Lipinski definition) is 6. The molecule has 1 amide bonds. The fourth-order valence-electron chi connectivity index (χ4n) is 4.32. The zero-order chi connectivity index (χ0) is 25.3. The van der Waals surface area contributed by atoms with Gasteiger partial charge in [0.05, 0.1) is 27.4 Å². The van der Waals surface area contributed by atoms with E-state index in [9.17, 15) is 13.2 Å². The van der Waals surface area contributed by atoms with Crippen molar-refractivity contribution in [1.82, 2.24) is 14.3 Å². The molecule has 4 aromatic rings. The van der Waals surface area contributed by atoms with Gasteiger partial charge < -0.3 is 0 Å². The number of halogens is 1. The minimum Gasteiger partial charge on any atom is -0.278 e. The van der Waals surface area contributed by atoms with E-state index in [1.54, 1.807) is 27.5 Å². The number of piperidine rings is 1. The summed E-state index contributed by atoms with van der Waals surface area (Å²) in [7, 11) is -3.60. The number of amides is 1. The monoisotopic (exact) mass is 584 g/mol. The Balaban J connectivity index is 1.46. The van der Waals surface area contributed by atoms with Crippen LogP contribution in [-0.4, -0.2) is 41.7 Å². The lowest BCUT2D eigenvalue weighted by molar-refractivity contribution is 0.0984. The maximum atomic E-state index is 13.7. The molecule has 1 saturated heterocycles. The summed E-state index contributed by atoms with van der Waals surface area (Å²) in [5, 5.41) is 0.553. The number of aromatic nitrogens is 2. The first-order chi connectivity index (χ1) is 17.3. The molecule has 10 heteroatoms. The lowest BCUT2D eigenvalue weighted by Gasteiger charge is -2.30. The summed E-state index contributed by atoms with van der Waals surface area (Å²) >= 11 is 4.91. The molecule has 5 rings (SSSR count). The Morgan fingerprint density at radius 2 is 1.97 bits per heavy atom. The average molecular weight is 586 g/mol. The highest BCUT2D eigenvalue weighted by molar-refractivity contribution is 9.10. The number of thiazole rings is 1. The lowest BCUT2D eigenvalue weighted by Crippen LogP contribution is -2.39. The summed E-state index contributed by atoms with van der Waals surface area (Å²) in [5.41, 5.74) is 1.91. The first-order valence-electron chi connectivity index (χ1n) is 11.7. The number of hydrogen-bond donors (Lipinski definition) is 0. The molecule has 0 spiro atoms. The van der Waals surface area contributed by atoms with Crippen molar-refractivity contribution in [2.24, 2.45) is 5.92 Å². The van der Waals surface area contributed by atoms with Gasteiger partial charge >= 0.3 is 0 Å². The molecule has 0 N–H and O–H groups in total. The highest BCUT2D eigenvalue weighted by atomic mass is 79.9. The van der Waals surface area contributed by atoms with Crippen molar-refractivity contribution in [1.29, 1.82) is 0 Å². The molecule has 1 unspecified atom stereocenters. The van der Waals surface area contributed by atoms with E-state index in [1.807, 2.05) is 36.4 Å². The smallest absolute Gasteiger partial charge is 0.260 e. The largest absolute Gasteiger partial charge is 0.278 e. The second-order valence-electron chi connectivity index (χ2n) is 8.96. The summed E-state index contributed by atoms with van der Waals surface area (Å²) in [6.45, 7) is 3.36. The fraction of sp³-hybridized carbons (Fsp3) is 0.269. The van der Waals surface area contributed by atoms with E-state index >= 15 is 0 Å². The van der Waals surface area contributed by atoms with Gasteiger partial charge in [0.1, 0.15) is 0 Å². The number of sulfonamides is 1. The Morgan fingerprint density at radius 3 is 2.69 bits per heavy atom. The number of anilines is 1. The molecule has 0 radical (unpaired) electrons. The minimum absolute atomic E-state index is 0.203. The molecule has 3 heterocycles. The number of rotatable bonds is 6. The van der Waals surface area contributed by atoms with Gasteiger partial charge in [-0.05, 0) is 73.4 Å². The van der Waals surface area contributed by atoms with Gasteiger partial charge in [-0.15, -0.1) is 0 Å². The van der Waals surface area contributed by atoms with Crippen LogP contribution in [-0.2, 0) is 16.6 Å². The Hall–Kier alpha value is -2.66. The van der Waals surface area contributed by atoms with Gasteiger partial charge in [0.2, 0.25) is 10.0 Å². The Bertz CT molecular complexity index is 1490. The van der Waals surface area contributed by atoms with Crippen molar-refractivity contribution < 1.29 is 13.2 Å². The number of nitrogens with zero attached hydrogens (tertiary/aromatic N) is 4. The lowest BCUT2D eigenvalue weighted by atomic mass is 10.0. The van der Waals surface area contributed by atoms with Gasteiger partial charge in [-0.25, -0.2) is 13.4 Å². The molecule has 2 aromatic heterocycles. The molecule has 0 bridgehead atoms. The van der Waals surface area contributed by atoms with E-state index in [1.165, 1.54) is 23.5 Å². The standard InChI is InChI=1S/C26H25BrN4O3S2/c1-18-5-4-14-30(16-18)36(33,34)22-10-7-19(8-11-22)25(32)31(17-21-6-2-3-13-28-21)26-29-23-12-9-20(27)15-24(23)35-26/h2-3,6-13,15,18H,4-5,14,16-17H2,1H3. The van der Waals surface area contributed by atoms with Crippen LogP contribution in [0, 0.1) is 5.92 Å². The molecule has 1 fully saturated rings. The average Bonchev–Trinajstić information content (AvgIpc) is 3.30. The quantitative estimate of drug-likeness (QED) is 0.289. The molecule has 7 nitrogen and oxygen atoms in total. The van der Waals surface area contributed by atoms with Crippen molar-refractivity contribution in [3.63, 3.8) is 0 Å². The maximum absolute atomic E-state index is 13.7. The normalized spacial score (nSPS) is 16.8. The number of carbonyl (C=O) groups excluding carboxylic acids is 1. The molecule has 186 valence electrons. The van der Waals surface area contributed by atoms with Crippen LogP contribution >= 0.6 is 27.3 Å². The summed E-state index contributed by atoms with van der Waals surface area (Å²) in [4.78, 5) is 24.6. The summed E-state index contributed by atoms with van der Waals surface area (Å²) in [6, 6.07) is 17.6. The van der Waals surface area contributed by atoms with Crippen molar-refractivity contribution >= 4 is 58.5 Å². The van der Waals surface area contributed by atoms with Crippen LogP contribution in [0.3, 0.4) is 0 Å². The van der Waals surface area contributed by atoms with E-state index in [2.05, 4.69) is 27.8 Å². The van der Waals surface area contributed by atoms with Gasteiger partial charge in [-0.3, -0.25) is 14.7 Å². The topological polar surface area (TPSA) is 83.5 Å². The maximum Gasteiger partial charge on any atom is 0.260 e. The van der Waals surface area contributed by atoms with Crippen LogP contribution in [0.15, 0.2) is 76.2 Å². The van der Waals surface area contributed by atoms with E-state index in [4.69, 9.17) is 4.98 Å².